The Hall–Kier alpha value is -5.03. The molecule has 13 heteroatoms. The summed E-state index contributed by atoms with van der Waals surface area (Å²) in [4.78, 5) is 59.8. The second-order valence-electron chi connectivity index (χ2n) is 9.72. The van der Waals surface area contributed by atoms with E-state index in [4.69, 9.17) is 5.11 Å². The molecule has 2 aliphatic rings. The highest BCUT2D eigenvalue weighted by atomic mass is 127. The fraction of sp³-hybridized carbons (Fsp3) is 0. The summed E-state index contributed by atoms with van der Waals surface area (Å²) in [5.74, 6) is -2.91. The molecule has 46 heavy (non-hydrogen) atoms. The average molecular weight is 840 g/mol. The zero-order valence-corrected chi connectivity index (χ0v) is 27.8. The fourth-order valence-corrected chi connectivity index (χ4v) is 5.03. The molecule has 2 saturated heterocycles. The van der Waals surface area contributed by atoms with Gasteiger partial charge in [-0.1, -0.05) is 30.3 Å². The Morgan fingerprint density at radius 2 is 1.09 bits per heavy atom. The molecule has 2 heterocycles. The Labute approximate surface area is 289 Å². The lowest BCUT2D eigenvalue weighted by molar-refractivity contribution is -0.118. The molecule has 11 nitrogen and oxygen atoms in total. The largest absolute Gasteiger partial charge is 0.507 e. The Morgan fingerprint density at radius 3 is 1.54 bits per heavy atom. The summed E-state index contributed by atoms with van der Waals surface area (Å²) in [6.45, 7) is 0. The van der Waals surface area contributed by atoms with E-state index in [1.54, 1.807) is 54.6 Å². The minimum Gasteiger partial charge on any atom is -0.507 e. The molecule has 0 radical (unpaired) electrons. The third-order valence-corrected chi connectivity index (χ3v) is 8.10. The summed E-state index contributed by atoms with van der Waals surface area (Å²) in [5.41, 5.74) is 7.31. The number of rotatable bonds is 5. The summed E-state index contributed by atoms with van der Waals surface area (Å²) in [6.07, 6.45) is 2.83. The number of aromatic hydroxyl groups is 1. The molecule has 6 rings (SSSR count). The zero-order chi connectivity index (χ0) is 33.0. The van der Waals surface area contributed by atoms with Gasteiger partial charge in [0.25, 0.3) is 23.6 Å². The van der Waals surface area contributed by atoms with Gasteiger partial charge in [-0.15, -0.1) is 0 Å². The molecule has 0 spiro atoms. The Kier molecular flexibility index (Phi) is 9.81. The Morgan fingerprint density at radius 1 is 0.630 bits per heavy atom. The van der Waals surface area contributed by atoms with Crippen LogP contribution in [0.1, 0.15) is 21.5 Å². The van der Waals surface area contributed by atoms with Gasteiger partial charge in [-0.2, -0.15) is 0 Å². The molecular weight excluding hydrogens is 818 g/mol. The number of halogens is 2. The first-order valence-electron chi connectivity index (χ1n) is 13.4. The second-order valence-corrected chi connectivity index (χ2v) is 12.2. The summed E-state index contributed by atoms with van der Waals surface area (Å²) >= 11 is 4.31. The summed E-state index contributed by atoms with van der Waals surface area (Å²) in [6, 6.07) is 26.8. The predicted molar refractivity (Wildman–Crippen MR) is 187 cm³/mol. The average Bonchev–Trinajstić information content (AvgIpc) is 3.48. The van der Waals surface area contributed by atoms with Gasteiger partial charge in [0.1, 0.15) is 16.9 Å². The Balaban J connectivity index is 0.000000182. The number of carboxylic acid groups (broad SMARTS) is 1. The van der Waals surface area contributed by atoms with Gasteiger partial charge in [-0.25, -0.2) is 14.8 Å². The van der Waals surface area contributed by atoms with Gasteiger partial charge in [0.15, 0.2) is 0 Å². The van der Waals surface area contributed by atoms with E-state index < -0.39 is 29.6 Å². The summed E-state index contributed by atoms with van der Waals surface area (Å²) < 4.78 is 2.05. The van der Waals surface area contributed by atoms with Gasteiger partial charge in [-0.3, -0.25) is 30.0 Å². The van der Waals surface area contributed by atoms with Crippen LogP contribution in [-0.4, -0.2) is 39.8 Å². The molecule has 4 N–H and O–H groups in total. The molecule has 2 fully saturated rings. The molecule has 0 aromatic heterocycles. The first kappa shape index (κ1) is 32.4. The number of anilines is 2. The minimum absolute atomic E-state index is 0.00312. The normalized spacial score (nSPS) is 16.0. The van der Waals surface area contributed by atoms with Crippen LogP contribution >= 0.6 is 45.2 Å². The van der Waals surface area contributed by atoms with Crippen molar-refractivity contribution in [3.63, 3.8) is 0 Å². The summed E-state index contributed by atoms with van der Waals surface area (Å²) in [7, 11) is 0. The van der Waals surface area contributed by atoms with Crippen LogP contribution in [0.2, 0.25) is 0 Å². The highest BCUT2D eigenvalue weighted by Crippen LogP contribution is 2.25. The predicted octanol–water partition coefficient (Wildman–Crippen LogP) is 4.91. The molecule has 0 atom stereocenters. The number of hydrogen-bond donors (Lipinski definition) is 4. The lowest BCUT2D eigenvalue weighted by Crippen LogP contribution is -2.35. The minimum atomic E-state index is -1.03. The number of carboxylic acids is 1. The molecule has 4 aromatic rings. The summed E-state index contributed by atoms with van der Waals surface area (Å²) in [5, 5.41) is 21.0. The van der Waals surface area contributed by atoms with Crippen LogP contribution in [0.15, 0.2) is 108 Å². The smallest absolute Gasteiger partial charge is 0.335 e. The van der Waals surface area contributed by atoms with Crippen molar-refractivity contribution in [3.8, 4) is 5.75 Å². The van der Waals surface area contributed by atoms with E-state index in [2.05, 4.69) is 56.0 Å². The van der Waals surface area contributed by atoms with Crippen molar-refractivity contribution in [2.45, 2.75) is 0 Å². The van der Waals surface area contributed by atoms with Gasteiger partial charge in [0.05, 0.1) is 16.9 Å². The number of para-hydroxylation sites is 1. The van der Waals surface area contributed by atoms with Crippen molar-refractivity contribution in [2.24, 2.45) is 0 Å². The van der Waals surface area contributed by atoms with Gasteiger partial charge in [-0.05, 0) is 130 Å². The van der Waals surface area contributed by atoms with Crippen LogP contribution in [0.5, 0.6) is 5.75 Å². The zero-order valence-electron chi connectivity index (χ0n) is 23.5. The van der Waals surface area contributed by atoms with E-state index in [0.717, 1.165) is 7.14 Å². The van der Waals surface area contributed by atoms with Crippen molar-refractivity contribution in [3.05, 3.63) is 132 Å². The number of phenols is 1. The molecule has 230 valence electrons. The number of aromatic carboxylic acids is 1. The van der Waals surface area contributed by atoms with Crippen molar-refractivity contribution in [1.29, 1.82) is 0 Å². The number of amides is 4. The van der Waals surface area contributed by atoms with Crippen molar-refractivity contribution >= 4 is 98.3 Å². The first-order chi connectivity index (χ1) is 22.0. The van der Waals surface area contributed by atoms with E-state index in [-0.39, 0.29) is 22.5 Å². The molecule has 0 unspecified atom stereocenters. The van der Waals surface area contributed by atoms with Crippen LogP contribution in [0.25, 0.3) is 12.2 Å². The maximum absolute atomic E-state index is 12.5. The first-order valence-corrected chi connectivity index (χ1v) is 15.5. The number of hydrogen-bond acceptors (Lipinski definition) is 6. The molecule has 2 aliphatic heterocycles. The van der Waals surface area contributed by atoms with Crippen LogP contribution in [0.3, 0.4) is 0 Å². The van der Waals surface area contributed by atoms with Gasteiger partial charge in [0, 0.05) is 12.7 Å². The van der Waals surface area contributed by atoms with Crippen molar-refractivity contribution in [1.82, 2.24) is 10.9 Å². The van der Waals surface area contributed by atoms with E-state index in [1.807, 2.05) is 24.3 Å². The van der Waals surface area contributed by atoms with Gasteiger partial charge >= 0.3 is 5.97 Å². The van der Waals surface area contributed by atoms with Crippen molar-refractivity contribution < 1.29 is 34.2 Å². The van der Waals surface area contributed by atoms with E-state index >= 15 is 0 Å². The van der Waals surface area contributed by atoms with Crippen LogP contribution < -0.4 is 20.9 Å². The third-order valence-electron chi connectivity index (χ3n) is 6.66. The SMILES string of the molecule is O=C1NN(c2ccc(I)cc2)C(=O)C1=Cc1ccc(C(=O)O)cc1.O=C1NN(c2ccc(I)cc2)C(=O)C1=Cc1ccccc1O. The van der Waals surface area contributed by atoms with E-state index in [1.165, 1.54) is 40.4 Å². The number of benzene rings is 4. The highest BCUT2D eigenvalue weighted by Gasteiger charge is 2.35. The maximum Gasteiger partial charge on any atom is 0.335 e. The molecule has 0 bridgehead atoms. The molecule has 0 saturated carbocycles. The number of carbonyl (C=O) groups is 5. The number of hydrazine groups is 2. The monoisotopic (exact) mass is 840 g/mol. The van der Waals surface area contributed by atoms with Crippen molar-refractivity contribution in [2.75, 3.05) is 10.0 Å². The van der Waals surface area contributed by atoms with Crippen LogP contribution in [-0.2, 0) is 19.2 Å². The van der Waals surface area contributed by atoms with E-state index in [0.29, 0.717) is 22.5 Å². The third kappa shape index (κ3) is 7.26. The lowest BCUT2D eigenvalue weighted by atomic mass is 10.1. The topological polar surface area (TPSA) is 156 Å². The van der Waals surface area contributed by atoms with Crippen LogP contribution in [0, 0.1) is 7.14 Å². The Bertz CT molecular complexity index is 1920. The molecule has 4 aromatic carbocycles. The molecule has 4 amide bonds. The number of nitrogens with zero attached hydrogens (tertiary/aromatic N) is 2. The second kappa shape index (κ2) is 13.9. The quantitative estimate of drug-likeness (QED) is 0.127. The number of carbonyl (C=O) groups excluding carboxylic acids is 4. The molecule has 0 aliphatic carbocycles. The number of phenolic OH excluding ortho intramolecular Hbond substituents is 1. The molecular formula is C33H22I2N4O7. The van der Waals surface area contributed by atoms with Gasteiger partial charge < -0.3 is 10.2 Å². The standard InChI is InChI=1S/C17H11IN2O4.C16H11IN2O3/c18-12-5-7-13(8-6-12)20-16(22)14(15(21)19-20)9-10-1-3-11(4-2-10)17(23)24;17-11-5-7-12(8-6-11)19-16(22)13(15(21)18-19)9-10-3-1-2-4-14(10)20/h1-9H,(H,19,21)(H,23,24);1-9,20H,(H,18,21). The fourth-order valence-electron chi connectivity index (χ4n) is 4.31. The maximum atomic E-state index is 12.5. The van der Waals surface area contributed by atoms with E-state index in [9.17, 15) is 29.1 Å². The van der Waals surface area contributed by atoms with Crippen LogP contribution in [0.4, 0.5) is 11.4 Å². The number of nitrogens with one attached hydrogen (secondary N) is 2. The van der Waals surface area contributed by atoms with Gasteiger partial charge in [0.2, 0.25) is 0 Å². The lowest BCUT2D eigenvalue weighted by Gasteiger charge is -2.14. The highest BCUT2D eigenvalue weighted by molar-refractivity contribution is 14.1.